The van der Waals surface area contributed by atoms with Gasteiger partial charge in [0.2, 0.25) is 0 Å². The second kappa shape index (κ2) is 4.07. The molecule has 3 rings (SSSR count). The number of hydrogen-bond acceptors (Lipinski definition) is 3. The zero-order chi connectivity index (χ0) is 11.8. The van der Waals surface area contributed by atoms with Crippen LogP contribution in [-0.2, 0) is 0 Å². The summed E-state index contributed by atoms with van der Waals surface area (Å²) in [4.78, 5) is 0. The number of anilines is 1. The number of nitrogens with one attached hydrogen (secondary N) is 1. The largest absolute Gasteiger partial charge is 0.489 e. The highest BCUT2D eigenvalue weighted by molar-refractivity contribution is 9.10. The minimum absolute atomic E-state index is 0.403. The maximum atomic E-state index is 5.75. The van der Waals surface area contributed by atoms with Gasteiger partial charge in [0.05, 0.1) is 16.3 Å². The molecule has 0 amide bonds. The summed E-state index contributed by atoms with van der Waals surface area (Å²) in [7, 11) is 0. The summed E-state index contributed by atoms with van der Waals surface area (Å²) in [5.41, 5.74) is 7.51. The Morgan fingerprint density at radius 3 is 2.76 bits per heavy atom. The van der Waals surface area contributed by atoms with E-state index in [1.165, 1.54) is 0 Å². The van der Waals surface area contributed by atoms with Crippen molar-refractivity contribution in [2.24, 2.45) is 0 Å². The Hall–Kier alpha value is -1.49. The van der Waals surface area contributed by atoms with Crippen molar-refractivity contribution in [3.63, 3.8) is 0 Å². The Morgan fingerprint density at radius 2 is 2.18 bits per heavy atom. The standard InChI is InChI=1S/C12H12BrN3O/c13-9-5-7(10-6-12(14)16-15-10)1-4-11(9)17-8-2-3-8/h1,4-6,8H,2-3H2,(H3,14,15,16). The average Bonchev–Trinajstić information content (AvgIpc) is 3.02. The van der Waals surface area contributed by atoms with Crippen LogP contribution in [0.4, 0.5) is 5.82 Å². The summed E-state index contributed by atoms with van der Waals surface area (Å²) in [6.45, 7) is 0. The van der Waals surface area contributed by atoms with Crippen molar-refractivity contribution < 1.29 is 4.74 Å². The lowest BCUT2D eigenvalue weighted by Crippen LogP contribution is -1.96. The smallest absolute Gasteiger partial charge is 0.145 e. The second-order valence-electron chi connectivity index (χ2n) is 4.17. The van der Waals surface area contributed by atoms with Crippen molar-refractivity contribution in [1.29, 1.82) is 0 Å². The van der Waals surface area contributed by atoms with Crippen LogP contribution in [0.3, 0.4) is 0 Å². The monoisotopic (exact) mass is 293 g/mol. The first-order chi connectivity index (χ1) is 8.22. The number of benzene rings is 1. The minimum Gasteiger partial charge on any atom is -0.489 e. The normalized spacial score (nSPS) is 14.9. The molecule has 0 spiro atoms. The third-order valence-electron chi connectivity index (χ3n) is 2.66. The summed E-state index contributed by atoms with van der Waals surface area (Å²) < 4.78 is 6.71. The van der Waals surface area contributed by atoms with E-state index in [0.717, 1.165) is 34.3 Å². The Labute approximate surface area is 107 Å². The average molecular weight is 294 g/mol. The molecule has 5 heteroatoms. The number of aromatic amines is 1. The molecule has 0 atom stereocenters. The first-order valence-corrected chi connectivity index (χ1v) is 6.29. The van der Waals surface area contributed by atoms with Gasteiger partial charge in [0.25, 0.3) is 0 Å². The van der Waals surface area contributed by atoms with Gasteiger partial charge in [-0.15, -0.1) is 0 Å². The number of nitrogens with two attached hydrogens (primary N) is 1. The second-order valence-corrected chi connectivity index (χ2v) is 5.02. The third kappa shape index (κ3) is 2.29. The van der Waals surface area contributed by atoms with Crippen LogP contribution in [0.1, 0.15) is 12.8 Å². The van der Waals surface area contributed by atoms with Crippen LogP contribution in [0.5, 0.6) is 5.75 Å². The Kier molecular flexibility index (Phi) is 2.55. The van der Waals surface area contributed by atoms with Gasteiger partial charge in [0, 0.05) is 11.6 Å². The number of ether oxygens (including phenoxy) is 1. The van der Waals surface area contributed by atoms with Gasteiger partial charge in [0.1, 0.15) is 11.6 Å². The fourth-order valence-electron chi connectivity index (χ4n) is 1.61. The SMILES string of the molecule is Nc1cc(-c2ccc(OC3CC3)c(Br)c2)[nH]n1. The van der Waals surface area contributed by atoms with E-state index in [1.807, 2.05) is 24.3 Å². The molecule has 1 heterocycles. The molecule has 1 aromatic carbocycles. The maximum absolute atomic E-state index is 5.75. The minimum atomic E-state index is 0.403. The van der Waals surface area contributed by atoms with Crippen LogP contribution in [0.25, 0.3) is 11.3 Å². The van der Waals surface area contributed by atoms with Gasteiger partial charge in [0.15, 0.2) is 0 Å². The van der Waals surface area contributed by atoms with Crippen LogP contribution in [-0.4, -0.2) is 16.3 Å². The van der Waals surface area contributed by atoms with Crippen LogP contribution in [0.2, 0.25) is 0 Å². The molecule has 3 N–H and O–H groups in total. The number of halogens is 1. The number of nitrogen functional groups attached to an aromatic ring is 1. The summed E-state index contributed by atoms with van der Waals surface area (Å²) in [5, 5.41) is 6.79. The van der Waals surface area contributed by atoms with Crippen molar-refractivity contribution >= 4 is 21.7 Å². The van der Waals surface area contributed by atoms with Crippen LogP contribution < -0.4 is 10.5 Å². The summed E-state index contributed by atoms with van der Waals surface area (Å²) >= 11 is 3.52. The van der Waals surface area contributed by atoms with Gasteiger partial charge in [-0.2, -0.15) is 5.10 Å². The van der Waals surface area contributed by atoms with Crippen LogP contribution in [0, 0.1) is 0 Å². The van der Waals surface area contributed by atoms with E-state index in [2.05, 4.69) is 26.1 Å². The van der Waals surface area contributed by atoms with Crippen molar-refractivity contribution in [2.75, 3.05) is 5.73 Å². The van der Waals surface area contributed by atoms with Crippen LogP contribution in [0.15, 0.2) is 28.7 Å². The van der Waals surface area contributed by atoms with Gasteiger partial charge >= 0.3 is 0 Å². The van der Waals surface area contributed by atoms with Crippen molar-refractivity contribution in [3.05, 3.63) is 28.7 Å². The molecule has 2 aromatic rings. The summed E-state index contributed by atoms with van der Waals surface area (Å²) in [6, 6.07) is 7.78. The number of hydrogen-bond donors (Lipinski definition) is 2. The van der Waals surface area contributed by atoms with E-state index in [9.17, 15) is 0 Å². The molecular weight excluding hydrogens is 282 g/mol. The Bertz CT molecular complexity index is 548. The molecule has 88 valence electrons. The Balaban J connectivity index is 1.89. The molecule has 1 fully saturated rings. The molecule has 0 bridgehead atoms. The number of rotatable bonds is 3. The van der Waals surface area contributed by atoms with E-state index in [-0.39, 0.29) is 0 Å². The molecule has 1 aliphatic rings. The van der Waals surface area contributed by atoms with E-state index < -0.39 is 0 Å². The molecular formula is C12H12BrN3O. The van der Waals surface area contributed by atoms with Crippen molar-refractivity contribution in [1.82, 2.24) is 10.2 Å². The van der Waals surface area contributed by atoms with E-state index in [1.54, 1.807) is 0 Å². The summed E-state index contributed by atoms with van der Waals surface area (Å²) in [5.74, 6) is 1.39. The zero-order valence-electron chi connectivity index (χ0n) is 9.11. The fourth-order valence-corrected chi connectivity index (χ4v) is 2.09. The predicted molar refractivity (Wildman–Crippen MR) is 69.8 cm³/mol. The first-order valence-electron chi connectivity index (χ1n) is 5.50. The zero-order valence-corrected chi connectivity index (χ0v) is 10.7. The topological polar surface area (TPSA) is 63.9 Å². The lowest BCUT2D eigenvalue weighted by Gasteiger charge is -2.07. The number of H-pyrrole nitrogens is 1. The van der Waals surface area contributed by atoms with E-state index in [4.69, 9.17) is 10.5 Å². The predicted octanol–water partition coefficient (Wildman–Crippen LogP) is 2.96. The van der Waals surface area contributed by atoms with Gasteiger partial charge in [-0.1, -0.05) is 0 Å². The highest BCUT2D eigenvalue weighted by atomic mass is 79.9. The van der Waals surface area contributed by atoms with Gasteiger partial charge in [-0.05, 0) is 47.0 Å². The molecule has 0 unspecified atom stereocenters. The molecule has 0 radical (unpaired) electrons. The molecule has 0 saturated heterocycles. The molecule has 1 saturated carbocycles. The van der Waals surface area contributed by atoms with Crippen molar-refractivity contribution in [3.8, 4) is 17.0 Å². The summed E-state index contributed by atoms with van der Waals surface area (Å²) in [6.07, 6.45) is 2.72. The van der Waals surface area contributed by atoms with Gasteiger partial charge in [-0.3, -0.25) is 5.10 Å². The lowest BCUT2D eigenvalue weighted by molar-refractivity contribution is 0.301. The molecule has 1 aliphatic carbocycles. The fraction of sp³-hybridized carbons (Fsp3) is 0.250. The van der Waals surface area contributed by atoms with E-state index >= 15 is 0 Å². The maximum Gasteiger partial charge on any atom is 0.145 e. The van der Waals surface area contributed by atoms with E-state index in [0.29, 0.717) is 11.9 Å². The molecule has 1 aromatic heterocycles. The number of aromatic nitrogens is 2. The first kappa shape index (κ1) is 10.7. The highest BCUT2D eigenvalue weighted by Crippen LogP contribution is 2.34. The molecule has 0 aliphatic heterocycles. The number of nitrogens with zero attached hydrogens (tertiary/aromatic N) is 1. The highest BCUT2D eigenvalue weighted by Gasteiger charge is 2.24. The Morgan fingerprint density at radius 1 is 1.35 bits per heavy atom. The lowest BCUT2D eigenvalue weighted by atomic mass is 10.1. The van der Waals surface area contributed by atoms with Gasteiger partial charge in [-0.25, -0.2) is 0 Å². The quantitative estimate of drug-likeness (QED) is 0.914. The molecule has 4 nitrogen and oxygen atoms in total. The van der Waals surface area contributed by atoms with Crippen molar-refractivity contribution in [2.45, 2.75) is 18.9 Å². The van der Waals surface area contributed by atoms with Crippen LogP contribution >= 0.6 is 15.9 Å². The molecule has 17 heavy (non-hydrogen) atoms. The van der Waals surface area contributed by atoms with Gasteiger partial charge < -0.3 is 10.5 Å². The third-order valence-corrected chi connectivity index (χ3v) is 3.28.